The van der Waals surface area contributed by atoms with Crippen LogP contribution in [0.3, 0.4) is 0 Å². The van der Waals surface area contributed by atoms with Crippen molar-refractivity contribution < 1.29 is 9.53 Å². The second kappa shape index (κ2) is 13.2. The lowest BCUT2D eigenvalue weighted by molar-refractivity contribution is -0.128. The molecule has 1 amide bonds. The van der Waals surface area contributed by atoms with Gasteiger partial charge in [-0.05, 0) is 63.4 Å². The van der Waals surface area contributed by atoms with Gasteiger partial charge in [0.2, 0.25) is 5.91 Å². The Balaban J connectivity index is 0.00000368. The molecule has 3 aliphatic rings. The maximum atomic E-state index is 12.5. The van der Waals surface area contributed by atoms with E-state index in [9.17, 15) is 10.1 Å². The van der Waals surface area contributed by atoms with Crippen molar-refractivity contribution in [1.29, 1.82) is 5.26 Å². The number of carbonyl (C=O) groups is 1. The van der Waals surface area contributed by atoms with Crippen LogP contribution in [0.15, 0.2) is 49.1 Å². The van der Waals surface area contributed by atoms with E-state index in [2.05, 4.69) is 77.7 Å². The van der Waals surface area contributed by atoms with E-state index in [-0.39, 0.29) is 31.9 Å². The zero-order chi connectivity index (χ0) is 29.2. The van der Waals surface area contributed by atoms with Crippen LogP contribution >= 0.6 is 13.5 Å². The molecule has 2 atom stereocenters. The summed E-state index contributed by atoms with van der Waals surface area (Å²) in [5.74, 6) is 0.738. The van der Waals surface area contributed by atoms with Crippen LogP contribution in [-0.4, -0.2) is 84.1 Å². The van der Waals surface area contributed by atoms with Crippen molar-refractivity contribution >= 4 is 41.7 Å². The molecule has 2 aromatic carbocycles. The SMILES string of the molecule is C=CC(=O)N1CCN(c2nc(OC[C@@H]3CCCN3C)nc3c2CCN(c2cccc4ccc(C)cc24)C3)CC1CC#N.S. The maximum absolute atomic E-state index is 12.5. The average molecular weight is 600 g/mol. The van der Waals surface area contributed by atoms with E-state index in [0.29, 0.717) is 44.8 Å². The second-order valence-electron chi connectivity index (χ2n) is 11.7. The number of piperazine rings is 1. The fourth-order valence-electron chi connectivity index (χ4n) is 6.66. The van der Waals surface area contributed by atoms with E-state index < -0.39 is 0 Å². The molecule has 2 saturated heterocycles. The molecule has 0 spiro atoms. The topological polar surface area (TPSA) is 88.8 Å². The summed E-state index contributed by atoms with van der Waals surface area (Å²) in [6.07, 6.45) is 4.68. The first-order chi connectivity index (χ1) is 20.4. The van der Waals surface area contributed by atoms with Crippen molar-refractivity contribution in [3.8, 4) is 12.1 Å². The number of fused-ring (bicyclic) bond motifs is 2. The van der Waals surface area contributed by atoms with Gasteiger partial charge in [-0.25, -0.2) is 0 Å². The molecule has 226 valence electrons. The van der Waals surface area contributed by atoms with Gasteiger partial charge in [-0.3, -0.25) is 4.79 Å². The van der Waals surface area contributed by atoms with Crippen molar-refractivity contribution in [2.45, 2.75) is 51.2 Å². The maximum Gasteiger partial charge on any atom is 0.318 e. The quantitative estimate of drug-likeness (QED) is 0.374. The fourth-order valence-corrected chi connectivity index (χ4v) is 6.66. The molecule has 3 aliphatic heterocycles. The lowest BCUT2D eigenvalue weighted by Crippen LogP contribution is -2.55. The van der Waals surface area contributed by atoms with Crippen LogP contribution < -0.4 is 14.5 Å². The third-order valence-electron chi connectivity index (χ3n) is 9.02. The predicted molar refractivity (Wildman–Crippen MR) is 175 cm³/mol. The van der Waals surface area contributed by atoms with Crippen molar-refractivity contribution in [3.05, 3.63) is 65.9 Å². The lowest BCUT2D eigenvalue weighted by atomic mass is 10.0. The number of nitrogens with zero attached hydrogens (tertiary/aromatic N) is 7. The Morgan fingerprint density at radius 1 is 1.14 bits per heavy atom. The van der Waals surface area contributed by atoms with Crippen LogP contribution in [0, 0.1) is 18.3 Å². The van der Waals surface area contributed by atoms with E-state index in [1.807, 2.05) is 0 Å². The first kappa shape index (κ1) is 30.6. The molecule has 2 fully saturated rings. The van der Waals surface area contributed by atoms with Crippen LogP contribution in [0.4, 0.5) is 11.5 Å². The first-order valence-electron chi connectivity index (χ1n) is 15.0. The molecule has 0 aliphatic carbocycles. The molecule has 0 N–H and O–H groups in total. The van der Waals surface area contributed by atoms with Crippen LogP contribution in [0.5, 0.6) is 6.01 Å². The number of rotatable bonds is 7. The number of ether oxygens (including phenoxy) is 1. The molecule has 10 heteroatoms. The van der Waals surface area contributed by atoms with Gasteiger partial charge in [0.1, 0.15) is 12.4 Å². The van der Waals surface area contributed by atoms with Gasteiger partial charge in [0, 0.05) is 48.9 Å². The summed E-state index contributed by atoms with van der Waals surface area (Å²) < 4.78 is 6.30. The van der Waals surface area contributed by atoms with Crippen LogP contribution in [0.2, 0.25) is 0 Å². The summed E-state index contributed by atoms with van der Waals surface area (Å²) in [4.78, 5) is 31.2. The van der Waals surface area contributed by atoms with Crippen molar-refractivity contribution in [3.63, 3.8) is 0 Å². The Hall–Kier alpha value is -3.81. The highest BCUT2D eigenvalue weighted by molar-refractivity contribution is 7.59. The third-order valence-corrected chi connectivity index (χ3v) is 9.02. The molecule has 0 bridgehead atoms. The average Bonchev–Trinajstić information content (AvgIpc) is 3.43. The van der Waals surface area contributed by atoms with E-state index in [1.54, 1.807) is 4.90 Å². The summed E-state index contributed by atoms with van der Waals surface area (Å²) in [5, 5.41) is 12.0. The minimum Gasteiger partial charge on any atom is -0.462 e. The zero-order valence-corrected chi connectivity index (χ0v) is 26.1. The van der Waals surface area contributed by atoms with E-state index in [0.717, 1.165) is 43.0 Å². The Morgan fingerprint density at radius 2 is 2.00 bits per heavy atom. The van der Waals surface area contributed by atoms with Gasteiger partial charge in [-0.1, -0.05) is 36.4 Å². The molecule has 1 aromatic heterocycles. The van der Waals surface area contributed by atoms with Gasteiger partial charge in [0.15, 0.2) is 0 Å². The van der Waals surface area contributed by atoms with Crippen molar-refractivity contribution in [2.24, 2.45) is 0 Å². The Bertz CT molecular complexity index is 1540. The number of likely N-dealkylation sites (tertiary alicyclic amines) is 1. The molecule has 4 heterocycles. The van der Waals surface area contributed by atoms with Crippen LogP contribution in [0.1, 0.15) is 36.1 Å². The standard InChI is InChI=1S/C33H39N7O2.H2S/c1-4-31(41)40-18-17-39(20-25(40)12-14-34)32-27-13-16-38(30-9-5-7-24-11-10-23(2)19-28(24)30)21-29(27)35-33(36-32)42-22-26-8-6-15-37(26)3;/h4-5,7,9-11,19,25-26H,1,6,8,12-13,15-18,20-22H2,2-3H3;1H2/t25?,26-;/m0./s1. The largest absolute Gasteiger partial charge is 0.462 e. The van der Waals surface area contributed by atoms with Gasteiger partial charge >= 0.3 is 6.01 Å². The number of hydrogen-bond donors (Lipinski definition) is 0. The van der Waals surface area contributed by atoms with Crippen molar-refractivity contribution in [2.75, 3.05) is 56.2 Å². The van der Waals surface area contributed by atoms with Gasteiger partial charge in [-0.2, -0.15) is 28.7 Å². The van der Waals surface area contributed by atoms with E-state index >= 15 is 0 Å². The summed E-state index contributed by atoms with van der Waals surface area (Å²) in [6, 6.07) is 15.9. The fraction of sp³-hybridized carbons (Fsp3) is 0.455. The number of aromatic nitrogens is 2. The van der Waals surface area contributed by atoms with Gasteiger partial charge in [0.25, 0.3) is 0 Å². The summed E-state index contributed by atoms with van der Waals surface area (Å²) in [7, 11) is 2.14. The number of nitriles is 1. The number of aryl methyl sites for hydroxylation is 1. The van der Waals surface area contributed by atoms with E-state index in [4.69, 9.17) is 14.7 Å². The van der Waals surface area contributed by atoms with E-state index in [1.165, 1.54) is 34.5 Å². The third kappa shape index (κ3) is 6.29. The molecular formula is C33H41N7O2S. The Labute approximate surface area is 261 Å². The first-order valence-corrected chi connectivity index (χ1v) is 15.0. The Kier molecular flexibility index (Phi) is 9.43. The minimum atomic E-state index is -0.226. The predicted octanol–water partition coefficient (Wildman–Crippen LogP) is 4.20. The Morgan fingerprint density at radius 3 is 2.77 bits per heavy atom. The molecule has 9 nitrogen and oxygen atoms in total. The normalized spacial score (nSPS) is 20.3. The highest BCUT2D eigenvalue weighted by Crippen LogP contribution is 2.35. The molecule has 6 rings (SSSR count). The molecule has 43 heavy (non-hydrogen) atoms. The monoisotopic (exact) mass is 599 g/mol. The van der Waals surface area contributed by atoms with Crippen LogP contribution in [0.25, 0.3) is 10.8 Å². The molecule has 3 aromatic rings. The molecule has 0 radical (unpaired) electrons. The highest BCUT2D eigenvalue weighted by atomic mass is 32.1. The second-order valence-corrected chi connectivity index (χ2v) is 11.7. The molecule has 0 saturated carbocycles. The van der Waals surface area contributed by atoms with Gasteiger partial charge in [0.05, 0.1) is 30.8 Å². The number of likely N-dealkylation sites (N-methyl/N-ethyl adjacent to an activating group) is 1. The summed E-state index contributed by atoms with van der Waals surface area (Å²) in [6.45, 7) is 10.6. The number of benzene rings is 2. The summed E-state index contributed by atoms with van der Waals surface area (Å²) >= 11 is 0. The zero-order valence-electron chi connectivity index (χ0n) is 25.1. The number of hydrogen-bond acceptors (Lipinski definition) is 8. The molecule has 1 unspecified atom stereocenters. The number of amides is 1. The van der Waals surface area contributed by atoms with Gasteiger partial charge < -0.3 is 24.3 Å². The number of carbonyl (C=O) groups excluding carboxylic acids is 1. The lowest BCUT2D eigenvalue weighted by Gasteiger charge is -2.42. The summed E-state index contributed by atoms with van der Waals surface area (Å²) in [5.41, 5.74) is 4.56. The van der Waals surface area contributed by atoms with Gasteiger partial charge in [-0.15, -0.1) is 0 Å². The number of anilines is 2. The van der Waals surface area contributed by atoms with Crippen LogP contribution in [-0.2, 0) is 17.8 Å². The smallest absolute Gasteiger partial charge is 0.318 e. The highest BCUT2D eigenvalue weighted by Gasteiger charge is 2.33. The van der Waals surface area contributed by atoms with Crippen molar-refractivity contribution in [1.82, 2.24) is 19.8 Å². The molecular weight excluding hydrogens is 558 g/mol. The minimum absolute atomic E-state index is 0.